The molecule has 0 aliphatic heterocycles. The lowest BCUT2D eigenvalue weighted by molar-refractivity contribution is -0.136. The van der Waals surface area contributed by atoms with Crippen molar-refractivity contribution in [3.8, 4) is 0 Å². The van der Waals surface area contributed by atoms with Crippen molar-refractivity contribution in [2.45, 2.75) is 13.8 Å². The topological polar surface area (TPSA) is 83.7 Å². The summed E-state index contributed by atoms with van der Waals surface area (Å²) in [4.78, 5) is 23.5. The monoisotopic (exact) mass is 319 g/mol. The summed E-state index contributed by atoms with van der Waals surface area (Å²) >= 11 is 5.95. The van der Waals surface area contributed by atoms with Crippen molar-refractivity contribution in [2.24, 2.45) is 5.10 Å². The molecule has 1 heterocycles. The molecule has 2 N–H and O–H groups in total. The minimum Gasteiger partial charge on any atom is -0.463 e. The third-order valence-corrected chi connectivity index (χ3v) is 3.33. The zero-order valence-electron chi connectivity index (χ0n) is 12.0. The van der Waals surface area contributed by atoms with E-state index in [9.17, 15) is 9.59 Å². The van der Waals surface area contributed by atoms with Gasteiger partial charge in [-0.2, -0.15) is 5.10 Å². The molecule has 2 amide bonds. The van der Waals surface area contributed by atoms with Gasteiger partial charge in [0.15, 0.2) is 0 Å². The molecule has 0 saturated carbocycles. The van der Waals surface area contributed by atoms with E-state index < -0.39 is 11.8 Å². The molecule has 22 heavy (non-hydrogen) atoms. The molecule has 1 aromatic heterocycles. The van der Waals surface area contributed by atoms with Gasteiger partial charge in [0.25, 0.3) is 0 Å². The molecule has 0 aliphatic rings. The highest BCUT2D eigenvalue weighted by molar-refractivity contribution is 6.40. The highest BCUT2D eigenvalue weighted by Gasteiger charge is 2.15. The summed E-state index contributed by atoms with van der Waals surface area (Å²) in [5, 5.41) is 6.79. The maximum Gasteiger partial charge on any atom is 0.329 e. The Kier molecular flexibility index (Phi) is 4.95. The molecule has 0 atom stereocenters. The molecule has 0 spiro atoms. The van der Waals surface area contributed by atoms with Crippen LogP contribution in [0.15, 0.2) is 46.1 Å². The van der Waals surface area contributed by atoms with Crippen LogP contribution in [-0.2, 0) is 9.59 Å². The fraction of sp³-hybridized carbons (Fsp3) is 0.133. The lowest BCUT2D eigenvalue weighted by Gasteiger charge is -2.08. The molecule has 0 radical (unpaired) electrons. The van der Waals surface area contributed by atoms with E-state index in [-0.39, 0.29) is 0 Å². The number of hydrazone groups is 1. The van der Waals surface area contributed by atoms with Crippen LogP contribution in [-0.4, -0.2) is 17.5 Å². The SMILES string of the molecule is C/C(=N\NC(=O)C(=O)Nc1cccc(Cl)c1C)c1ccco1. The first-order chi connectivity index (χ1) is 10.5. The molecule has 2 aromatic rings. The second kappa shape index (κ2) is 6.91. The van der Waals surface area contributed by atoms with Crippen molar-refractivity contribution >= 4 is 34.8 Å². The van der Waals surface area contributed by atoms with Crippen LogP contribution < -0.4 is 10.7 Å². The summed E-state index contributed by atoms with van der Waals surface area (Å²) in [5.74, 6) is -1.21. The first-order valence-electron chi connectivity index (χ1n) is 6.43. The predicted molar refractivity (Wildman–Crippen MR) is 83.9 cm³/mol. The average Bonchev–Trinajstić information content (AvgIpc) is 3.03. The van der Waals surface area contributed by atoms with Gasteiger partial charge < -0.3 is 9.73 Å². The quantitative estimate of drug-likeness (QED) is 0.518. The number of hydrogen-bond acceptors (Lipinski definition) is 4. The highest BCUT2D eigenvalue weighted by Crippen LogP contribution is 2.22. The summed E-state index contributed by atoms with van der Waals surface area (Å²) < 4.78 is 5.12. The van der Waals surface area contributed by atoms with Gasteiger partial charge >= 0.3 is 11.8 Å². The average molecular weight is 320 g/mol. The van der Waals surface area contributed by atoms with Crippen molar-refractivity contribution in [3.63, 3.8) is 0 Å². The number of amides is 2. The largest absolute Gasteiger partial charge is 0.463 e. The number of nitrogens with one attached hydrogen (secondary N) is 2. The lowest BCUT2D eigenvalue weighted by Crippen LogP contribution is -2.33. The number of nitrogens with zero attached hydrogens (tertiary/aromatic N) is 1. The Bertz CT molecular complexity index is 724. The summed E-state index contributed by atoms with van der Waals surface area (Å²) in [6.45, 7) is 3.40. The van der Waals surface area contributed by atoms with Crippen LogP contribution in [0.25, 0.3) is 0 Å². The normalized spacial score (nSPS) is 11.1. The van der Waals surface area contributed by atoms with Crippen LogP contribution >= 0.6 is 11.6 Å². The van der Waals surface area contributed by atoms with Crippen molar-refractivity contribution in [1.82, 2.24) is 5.43 Å². The van der Waals surface area contributed by atoms with Crippen LogP contribution in [0.4, 0.5) is 5.69 Å². The number of furan rings is 1. The lowest BCUT2D eigenvalue weighted by atomic mass is 10.2. The molecule has 1 aromatic carbocycles. The smallest absolute Gasteiger partial charge is 0.329 e. The fourth-order valence-electron chi connectivity index (χ4n) is 1.65. The van der Waals surface area contributed by atoms with Gasteiger partial charge in [-0.15, -0.1) is 0 Å². The zero-order chi connectivity index (χ0) is 16.1. The second-order valence-electron chi connectivity index (χ2n) is 4.48. The van der Waals surface area contributed by atoms with E-state index >= 15 is 0 Å². The van der Waals surface area contributed by atoms with E-state index in [1.807, 2.05) is 0 Å². The van der Waals surface area contributed by atoms with Gasteiger partial charge in [-0.3, -0.25) is 9.59 Å². The minimum absolute atomic E-state index is 0.449. The fourth-order valence-corrected chi connectivity index (χ4v) is 1.82. The number of hydrogen-bond donors (Lipinski definition) is 2. The van der Waals surface area contributed by atoms with E-state index in [0.717, 1.165) is 0 Å². The Morgan fingerprint density at radius 3 is 2.64 bits per heavy atom. The van der Waals surface area contributed by atoms with Gasteiger partial charge in [0.2, 0.25) is 0 Å². The summed E-state index contributed by atoms with van der Waals surface area (Å²) in [5.41, 5.74) is 3.77. The molecule has 2 rings (SSSR count). The van der Waals surface area contributed by atoms with Gasteiger partial charge in [-0.05, 0) is 43.7 Å². The van der Waals surface area contributed by atoms with Crippen LogP contribution in [0.2, 0.25) is 5.02 Å². The van der Waals surface area contributed by atoms with Crippen LogP contribution in [0.3, 0.4) is 0 Å². The number of carbonyl (C=O) groups excluding carboxylic acids is 2. The molecule has 6 nitrogen and oxygen atoms in total. The Morgan fingerprint density at radius 1 is 1.18 bits per heavy atom. The standard InChI is InChI=1S/C15H14ClN3O3/c1-9-11(16)5-3-6-12(9)17-14(20)15(21)19-18-10(2)13-7-4-8-22-13/h3-8H,1-2H3,(H,17,20)(H,19,21)/b18-10+. The third-order valence-electron chi connectivity index (χ3n) is 2.93. The van der Waals surface area contributed by atoms with Crippen molar-refractivity contribution in [3.05, 3.63) is 52.9 Å². The van der Waals surface area contributed by atoms with Gasteiger partial charge in [0, 0.05) is 10.7 Å². The summed E-state index contributed by atoms with van der Waals surface area (Å²) in [7, 11) is 0. The maximum atomic E-state index is 11.8. The number of carbonyl (C=O) groups is 2. The van der Waals surface area contributed by atoms with E-state index in [2.05, 4.69) is 15.8 Å². The Hall–Kier alpha value is -2.60. The maximum absolute atomic E-state index is 11.8. The van der Waals surface area contributed by atoms with Gasteiger partial charge in [0.05, 0.1) is 6.26 Å². The molecular formula is C15H14ClN3O3. The Balaban J connectivity index is 1.99. The molecule has 7 heteroatoms. The second-order valence-corrected chi connectivity index (χ2v) is 4.89. The molecular weight excluding hydrogens is 306 g/mol. The highest BCUT2D eigenvalue weighted by atomic mass is 35.5. The first kappa shape index (κ1) is 15.8. The van der Waals surface area contributed by atoms with Gasteiger partial charge in [0.1, 0.15) is 11.5 Å². The summed E-state index contributed by atoms with van der Waals surface area (Å²) in [6.07, 6.45) is 1.49. The first-order valence-corrected chi connectivity index (χ1v) is 6.81. The Morgan fingerprint density at radius 2 is 1.95 bits per heavy atom. The van der Waals surface area contributed by atoms with E-state index in [1.54, 1.807) is 44.2 Å². The molecule has 0 aliphatic carbocycles. The number of halogens is 1. The van der Waals surface area contributed by atoms with Crippen molar-refractivity contribution in [1.29, 1.82) is 0 Å². The molecule has 0 fully saturated rings. The molecule has 0 saturated heterocycles. The van der Waals surface area contributed by atoms with Crippen LogP contribution in [0, 0.1) is 6.92 Å². The Labute approximate surface area is 132 Å². The number of anilines is 1. The van der Waals surface area contributed by atoms with Gasteiger partial charge in [-0.1, -0.05) is 17.7 Å². The van der Waals surface area contributed by atoms with Crippen molar-refractivity contribution in [2.75, 3.05) is 5.32 Å². The van der Waals surface area contributed by atoms with Gasteiger partial charge in [-0.25, -0.2) is 5.43 Å². The van der Waals surface area contributed by atoms with Crippen LogP contribution in [0.5, 0.6) is 0 Å². The van der Waals surface area contributed by atoms with Crippen molar-refractivity contribution < 1.29 is 14.0 Å². The molecule has 0 bridgehead atoms. The number of rotatable bonds is 3. The van der Waals surface area contributed by atoms with E-state index in [4.69, 9.17) is 16.0 Å². The predicted octanol–water partition coefficient (Wildman–Crippen LogP) is 2.72. The van der Waals surface area contributed by atoms with E-state index in [1.165, 1.54) is 6.26 Å². The molecule has 114 valence electrons. The zero-order valence-corrected chi connectivity index (χ0v) is 12.8. The number of benzene rings is 1. The molecule has 0 unspecified atom stereocenters. The van der Waals surface area contributed by atoms with E-state index in [0.29, 0.717) is 27.7 Å². The third kappa shape index (κ3) is 3.73. The van der Waals surface area contributed by atoms with Crippen LogP contribution in [0.1, 0.15) is 18.2 Å². The summed E-state index contributed by atoms with van der Waals surface area (Å²) in [6, 6.07) is 8.43. The minimum atomic E-state index is -0.884.